The summed E-state index contributed by atoms with van der Waals surface area (Å²) in [5.74, 6) is -0.701. The standard InChI is InChI=1S/C40H42N8O4/c1-45-34-21-25(4-9-32(34)48(39(45)52)33-10-11-35(49)44-38(33)51)3-2-16-46-17-19-47(20-18-46)28-7-5-26(6-8-28)30-22-27(12-15-41-30)31-23-29-36(43-31)40(13-14-40)24-42-37(29)50/h4-9,12,15,21-23,33,43H,2-3,10-11,13-14,16-20,24H2,1H3,(H,42,50)(H,44,49,51). The third-order valence-electron chi connectivity index (χ3n) is 11.6. The van der Waals surface area contributed by atoms with Gasteiger partial charge in [0.15, 0.2) is 0 Å². The number of fused-ring (bicyclic) bond motifs is 3. The number of aryl methyl sites for hydroxylation is 2. The molecule has 3 aliphatic heterocycles. The second kappa shape index (κ2) is 12.6. The van der Waals surface area contributed by atoms with E-state index in [1.807, 2.05) is 30.5 Å². The first-order valence-corrected chi connectivity index (χ1v) is 18.4. The first-order chi connectivity index (χ1) is 25.3. The Morgan fingerprint density at radius 2 is 1.69 bits per heavy atom. The summed E-state index contributed by atoms with van der Waals surface area (Å²) in [6, 6.07) is 20.1. The van der Waals surface area contributed by atoms with Crippen LogP contribution in [0.2, 0.25) is 0 Å². The number of hydrogen-bond donors (Lipinski definition) is 3. The van der Waals surface area contributed by atoms with Crippen molar-refractivity contribution < 1.29 is 14.4 Å². The average molecular weight is 699 g/mol. The third kappa shape index (κ3) is 5.71. The molecule has 2 aromatic carbocycles. The van der Waals surface area contributed by atoms with Gasteiger partial charge in [0.1, 0.15) is 6.04 Å². The number of benzene rings is 2. The molecular formula is C40H42N8O4. The van der Waals surface area contributed by atoms with Gasteiger partial charge in [0.2, 0.25) is 11.8 Å². The number of piperidine rings is 1. The Balaban J connectivity index is 0.795. The molecule has 266 valence electrons. The lowest BCUT2D eigenvalue weighted by molar-refractivity contribution is -0.135. The molecule has 4 aliphatic rings. The lowest BCUT2D eigenvalue weighted by atomic mass is 9.95. The maximum atomic E-state index is 13.1. The minimum Gasteiger partial charge on any atom is -0.369 e. The molecule has 1 aliphatic carbocycles. The summed E-state index contributed by atoms with van der Waals surface area (Å²) in [5, 5.41) is 5.43. The quantitative estimate of drug-likeness (QED) is 0.209. The van der Waals surface area contributed by atoms with Crippen LogP contribution < -0.4 is 21.2 Å². The van der Waals surface area contributed by atoms with Crippen molar-refractivity contribution in [2.75, 3.05) is 44.2 Å². The van der Waals surface area contributed by atoms with E-state index in [2.05, 4.69) is 66.8 Å². The van der Waals surface area contributed by atoms with E-state index in [0.717, 1.165) is 115 Å². The van der Waals surface area contributed by atoms with E-state index in [1.165, 1.54) is 10.3 Å². The molecule has 2 saturated heterocycles. The smallest absolute Gasteiger partial charge is 0.329 e. The third-order valence-corrected chi connectivity index (χ3v) is 11.6. The van der Waals surface area contributed by atoms with Crippen LogP contribution in [0, 0.1) is 0 Å². The highest BCUT2D eigenvalue weighted by Gasteiger charge is 2.50. The van der Waals surface area contributed by atoms with Gasteiger partial charge in [-0.15, -0.1) is 0 Å². The van der Waals surface area contributed by atoms with Crippen molar-refractivity contribution in [1.29, 1.82) is 0 Å². The monoisotopic (exact) mass is 698 g/mol. The summed E-state index contributed by atoms with van der Waals surface area (Å²) >= 11 is 0. The van der Waals surface area contributed by atoms with Crippen molar-refractivity contribution in [3.63, 3.8) is 0 Å². The molecule has 1 atom stereocenters. The van der Waals surface area contributed by atoms with Crippen LogP contribution in [-0.2, 0) is 28.5 Å². The maximum absolute atomic E-state index is 13.1. The van der Waals surface area contributed by atoms with E-state index in [-0.39, 0.29) is 29.3 Å². The molecule has 3 aromatic heterocycles. The summed E-state index contributed by atoms with van der Waals surface area (Å²) in [6.45, 7) is 5.62. The topological polar surface area (TPSA) is 137 Å². The van der Waals surface area contributed by atoms with Crippen LogP contribution in [0.25, 0.3) is 33.5 Å². The number of anilines is 1. The zero-order valence-corrected chi connectivity index (χ0v) is 29.3. The molecule has 0 bridgehead atoms. The van der Waals surface area contributed by atoms with Crippen molar-refractivity contribution >= 4 is 34.4 Å². The van der Waals surface area contributed by atoms with Crippen molar-refractivity contribution in [2.24, 2.45) is 7.05 Å². The van der Waals surface area contributed by atoms with Gasteiger partial charge < -0.3 is 15.2 Å². The van der Waals surface area contributed by atoms with Gasteiger partial charge in [-0.05, 0) is 86.7 Å². The van der Waals surface area contributed by atoms with Gasteiger partial charge in [-0.2, -0.15) is 0 Å². The number of carbonyl (C=O) groups is 3. The number of imidazole rings is 1. The minimum atomic E-state index is -0.672. The molecule has 3 N–H and O–H groups in total. The van der Waals surface area contributed by atoms with Crippen molar-refractivity contribution in [2.45, 2.75) is 50.0 Å². The molecule has 52 heavy (non-hydrogen) atoms. The largest absolute Gasteiger partial charge is 0.369 e. The Morgan fingerprint density at radius 3 is 2.46 bits per heavy atom. The zero-order valence-electron chi connectivity index (χ0n) is 29.3. The molecule has 1 unspecified atom stereocenters. The Kier molecular flexibility index (Phi) is 7.87. The van der Waals surface area contributed by atoms with Crippen LogP contribution >= 0.6 is 0 Å². The van der Waals surface area contributed by atoms with Crippen molar-refractivity contribution in [3.05, 3.63) is 94.2 Å². The Hall–Kier alpha value is -5.49. The number of piperazine rings is 1. The van der Waals surface area contributed by atoms with Gasteiger partial charge in [-0.3, -0.25) is 38.7 Å². The first-order valence-electron chi connectivity index (χ1n) is 18.4. The number of hydrogen-bond acceptors (Lipinski definition) is 7. The van der Waals surface area contributed by atoms with Gasteiger partial charge >= 0.3 is 5.69 Å². The zero-order chi connectivity index (χ0) is 35.6. The van der Waals surface area contributed by atoms with Crippen LogP contribution in [0.1, 0.15) is 59.8 Å². The van der Waals surface area contributed by atoms with E-state index < -0.39 is 11.9 Å². The van der Waals surface area contributed by atoms with E-state index in [4.69, 9.17) is 0 Å². The molecule has 6 heterocycles. The first kappa shape index (κ1) is 32.4. The number of amides is 3. The number of H-pyrrole nitrogens is 1. The van der Waals surface area contributed by atoms with E-state index in [0.29, 0.717) is 6.42 Å². The molecular weight excluding hydrogens is 656 g/mol. The average Bonchev–Trinajstić information content (AvgIpc) is 3.72. The normalized spacial score (nSPS) is 19.9. The highest BCUT2D eigenvalue weighted by atomic mass is 16.2. The van der Waals surface area contributed by atoms with Crippen LogP contribution in [0.3, 0.4) is 0 Å². The molecule has 12 nitrogen and oxygen atoms in total. The minimum absolute atomic E-state index is 0.00588. The second-order valence-electron chi connectivity index (χ2n) is 14.8. The molecule has 3 fully saturated rings. The highest BCUT2D eigenvalue weighted by Crippen LogP contribution is 2.50. The van der Waals surface area contributed by atoms with Gasteiger partial charge in [-0.25, -0.2) is 4.79 Å². The van der Waals surface area contributed by atoms with Crippen LogP contribution in [0.5, 0.6) is 0 Å². The molecule has 1 spiro atoms. The molecule has 1 saturated carbocycles. The molecule has 5 aromatic rings. The number of carbonyl (C=O) groups excluding carboxylic acids is 3. The number of aromatic amines is 1. The number of rotatable bonds is 8. The fourth-order valence-electron chi connectivity index (χ4n) is 8.35. The van der Waals surface area contributed by atoms with Crippen LogP contribution in [0.4, 0.5) is 5.69 Å². The van der Waals surface area contributed by atoms with Gasteiger partial charge in [0.05, 0.1) is 22.3 Å². The predicted octanol–water partition coefficient (Wildman–Crippen LogP) is 3.90. The predicted molar refractivity (Wildman–Crippen MR) is 198 cm³/mol. The van der Waals surface area contributed by atoms with Gasteiger partial charge in [0, 0.05) is 86.0 Å². The molecule has 0 radical (unpaired) electrons. The lowest BCUT2D eigenvalue weighted by Gasteiger charge is -2.36. The second-order valence-corrected chi connectivity index (χ2v) is 14.8. The molecule has 12 heteroatoms. The lowest BCUT2D eigenvalue weighted by Crippen LogP contribution is -2.46. The number of nitrogens with zero attached hydrogens (tertiary/aromatic N) is 5. The Bertz CT molecular complexity index is 2290. The number of nitrogens with one attached hydrogen (secondary N) is 3. The Labute approximate surface area is 300 Å². The highest BCUT2D eigenvalue weighted by molar-refractivity contribution is 6.00. The van der Waals surface area contributed by atoms with Crippen molar-refractivity contribution in [3.8, 4) is 22.5 Å². The summed E-state index contributed by atoms with van der Waals surface area (Å²) in [4.78, 5) is 63.0. The number of pyridine rings is 1. The van der Waals surface area contributed by atoms with E-state index in [9.17, 15) is 19.2 Å². The summed E-state index contributed by atoms with van der Waals surface area (Å²) < 4.78 is 3.13. The van der Waals surface area contributed by atoms with Crippen LogP contribution in [0.15, 0.2) is 71.7 Å². The maximum Gasteiger partial charge on any atom is 0.329 e. The molecule has 9 rings (SSSR count). The molecule has 3 amide bonds. The van der Waals surface area contributed by atoms with Crippen molar-refractivity contribution in [1.82, 2.24) is 34.6 Å². The van der Waals surface area contributed by atoms with Gasteiger partial charge in [0.25, 0.3) is 5.91 Å². The fourth-order valence-corrected chi connectivity index (χ4v) is 8.35. The number of aromatic nitrogens is 4. The van der Waals surface area contributed by atoms with Crippen LogP contribution in [-0.4, -0.2) is 81.0 Å². The number of imide groups is 1. The summed E-state index contributed by atoms with van der Waals surface area (Å²) in [6.07, 6.45) is 6.52. The summed E-state index contributed by atoms with van der Waals surface area (Å²) in [7, 11) is 1.74. The van der Waals surface area contributed by atoms with Gasteiger partial charge in [-0.1, -0.05) is 18.2 Å². The van der Waals surface area contributed by atoms with E-state index >= 15 is 0 Å². The Morgan fingerprint density at radius 1 is 0.885 bits per heavy atom. The fraction of sp³-hybridized carbons (Fsp3) is 0.375. The summed E-state index contributed by atoms with van der Waals surface area (Å²) in [5.41, 5.74) is 9.55. The SMILES string of the molecule is Cn1c(=O)n(C2CCC(=O)NC2=O)c2ccc(CCCN3CCN(c4ccc(-c5cc(-c6cc7c([nH]6)C6(CC6)CNC7=O)ccn5)cc4)CC3)cc21. The van der Waals surface area contributed by atoms with E-state index in [1.54, 1.807) is 11.6 Å².